The number of hydrogen-bond donors (Lipinski definition) is 2. The van der Waals surface area contributed by atoms with Crippen LogP contribution in [-0.4, -0.2) is 48.1 Å². The topological polar surface area (TPSA) is 83.6 Å². The minimum atomic E-state index is -0.162. The number of nitrogens with zero attached hydrogens (tertiary/aromatic N) is 2. The van der Waals surface area contributed by atoms with Gasteiger partial charge >= 0.3 is 6.03 Å². The zero-order chi connectivity index (χ0) is 18.4. The molecule has 1 saturated heterocycles. The number of rotatable bonds is 4. The lowest BCUT2D eigenvalue weighted by Gasteiger charge is -2.32. The van der Waals surface area contributed by atoms with E-state index in [0.717, 1.165) is 12.8 Å². The molecule has 26 heavy (non-hydrogen) atoms. The number of hydrogen-bond acceptors (Lipinski definition) is 4. The smallest absolute Gasteiger partial charge is 0.321 e. The van der Waals surface area contributed by atoms with Gasteiger partial charge in [-0.2, -0.15) is 0 Å². The first kappa shape index (κ1) is 17.7. The summed E-state index contributed by atoms with van der Waals surface area (Å²) >= 11 is 0. The Labute approximate surface area is 152 Å². The van der Waals surface area contributed by atoms with Crippen LogP contribution >= 0.6 is 0 Å². The number of methoxy groups -OCH3 is 1. The molecule has 3 rings (SSSR count). The molecule has 0 unspecified atom stereocenters. The lowest BCUT2D eigenvalue weighted by Crippen LogP contribution is -2.47. The Morgan fingerprint density at radius 2 is 1.85 bits per heavy atom. The van der Waals surface area contributed by atoms with Crippen LogP contribution in [0.4, 0.5) is 10.5 Å². The van der Waals surface area contributed by atoms with E-state index in [1.54, 1.807) is 42.5 Å². The molecular weight excluding hydrogens is 332 g/mol. The van der Waals surface area contributed by atoms with Crippen LogP contribution in [0, 0.1) is 0 Å². The second-order valence-electron chi connectivity index (χ2n) is 6.12. The van der Waals surface area contributed by atoms with Crippen LogP contribution in [-0.2, 0) is 0 Å². The van der Waals surface area contributed by atoms with Crippen LogP contribution in [0.1, 0.15) is 23.2 Å². The number of ether oxygens (including phenoxy) is 1. The third-order valence-corrected chi connectivity index (χ3v) is 4.35. The third kappa shape index (κ3) is 4.50. The van der Waals surface area contributed by atoms with Gasteiger partial charge in [-0.25, -0.2) is 9.78 Å². The Morgan fingerprint density at radius 3 is 2.46 bits per heavy atom. The number of aromatic nitrogens is 1. The van der Waals surface area contributed by atoms with Gasteiger partial charge in [-0.15, -0.1) is 0 Å². The normalized spacial score (nSPS) is 14.6. The first-order valence-electron chi connectivity index (χ1n) is 8.57. The number of carbonyl (C=O) groups excluding carboxylic acids is 2. The van der Waals surface area contributed by atoms with Crippen LogP contribution in [0.15, 0.2) is 48.7 Å². The van der Waals surface area contributed by atoms with Crippen molar-refractivity contribution in [3.8, 4) is 5.88 Å². The Balaban J connectivity index is 1.46. The van der Waals surface area contributed by atoms with E-state index in [1.807, 2.05) is 18.2 Å². The largest absolute Gasteiger partial charge is 0.481 e. The van der Waals surface area contributed by atoms with Crippen LogP contribution in [0.25, 0.3) is 0 Å². The molecule has 2 aromatic rings. The molecule has 2 heterocycles. The van der Waals surface area contributed by atoms with E-state index in [0.29, 0.717) is 30.2 Å². The molecular formula is C19H22N4O3. The van der Waals surface area contributed by atoms with Crippen LogP contribution < -0.4 is 15.4 Å². The highest BCUT2D eigenvalue weighted by atomic mass is 16.5. The number of nitrogens with one attached hydrogen (secondary N) is 2. The average molecular weight is 354 g/mol. The fourth-order valence-electron chi connectivity index (χ4n) is 2.86. The van der Waals surface area contributed by atoms with Crippen molar-refractivity contribution in [2.45, 2.75) is 18.9 Å². The monoisotopic (exact) mass is 354 g/mol. The van der Waals surface area contributed by atoms with Crippen molar-refractivity contribution in [2.75, 3.05) is 25.5 Å². The second kappa shape index (κ2) is 8.33. The summed E-state index contributed by atoms with van der Waals surface area (Å²) in [5.74, 6) is 0.427. The maximum absolute atomic E-state index is 12.3. The van der Waals surface area contributed by atoms with Gasteiger partial charge < -0.3 is 20.3 Å². The van der Waals surface area contributed by atoms with E-state index >= 15 is 0 Å². The number of piperidine rings is 1. The minimum absolute atomic E-state index is 0.0715. The van der Waals surface area contributed by atoms with E-state index in [-0.39, 0.29) is 18.0 Å². The molecule has 7 nitrogen and oxygen atoms in total. The molecule has 1 fully saturated rings. The quantitative estimate of drug-likeness (QED) is 0.884. The number of carbonyl (C=O) groups is 2. The molecule has 1 aromatic heterocycles. The molecule has 2 N–H and O–H groups in total. The number of benzene rings is 1. The lowest BCUT2D eigenvalue weighted by molar-refractivity contribution is 0.0919. The van der Waals surface area contributed by atoms with Crippen molar-refractivity contribution in [1.29, 1.82) is 0 Å². The van der Waals surface area contributed by atoms with Crippen molar-refractivity contribution in [2.24, 2.45) is 0 Å². The van der Waals surface area contributed by atoms with Gasteiger partial charge in [0.05, 0.1) is 19.0 Å². The van der Waals surface area contributed by atoms with E-state index in [1.165, 1.54) is 0 Å². The molecule has 0 radical (unpaired) electrons. The minimum Gasteiger partial charge on any atom is -0.481 e. The summed E-state index contributed by atoms with van der Waals surface area (Å²) in [6.45, 7) is 1.18. The Bertz CT molecular complexity index is 741. The first-order chi connectivity index (χ1) is 12.7. The molecule has 1 aliphatic heterocycles. The van der Waals surface area contributed by atoms with Crippen molar-refractivity contribution < 1.29 is 14.3 Å². The average Bonchev–Trinajstić information content (AvgIpc) is 2.69. The maximum atomic E-state index is 12.3. The summed E-state index contributed by atoms with van der Waals surface area (Å²) in [6.07, 6.45) is 3.02. The lowest BCUT2D eigenvalue weighted by atomic mass is 10.0. The molecule has 0 aliphatic carbocycles. The molecule has 136 valence electrons. The van der Waals surface area contributed by atoms with Crippen LogP contribution in [0.2, 0.25) is 0 Å². The predicted molar refractivity (Wildman–Crippen MR) is 98.3 cm³/mol. The fourth-order valence-corrected chi connectivity index (χ4v) is 2.86. The summed E-state index contributed by atoms with van der Waals surface area (Å²) in [4.78, 5) is 30.4. The maximum Gasteiger partial charge on any atom is 0.321 e. The van der Waals surface area contributed by atoms with Gasteiger partial charge in [-0.3, -0.25) is 4.79 Å². The van der Waals surface area contributed by atoms with Crippen LogP contribution in [0.5, 0.6) is 5.88 Å². The van der Waals surface area contributed by atoms with Crippen molar-refractivity contribution in [3.63, 3.8) is 0 Å². The van der Waals surface area contributed by atoms with Crippen molar-refractivity contribution in [3.05, 3.63) is 54.2 Å². The SMILES string of the molecule is COc1ccc(NC(=O)N2CCC(NC(=O)c3ccccc3)CC2)cn1. The second-order valence-corrected chi connectivity index (χ2v) is 6.12. The number of anilines is 1. The van der Waals surface area contributed by atoms with E-state index in [4.69, 9.17) is 4.74 Å². The number of amides is 3. The Morgan fingerprint density at radius 1 is 1.12 bits per heavy atom. The zero-order valence-corrected chi connectivity index (χ0v) is 14.6. The number of likely N-dealkylation sites (tertiary alicyclic amines) is 1. The van der Waals surface area contributed by atoms with Gasteiger partial charge in [0.15, 0.2) is 0 Å². The van der Waals surface area contributed by atoms with Gasteiger partial charge in [0.1, 0.15) is 0 Å². The molecule has 1 aliphatic rings. The molecule has 0 saturated carbocycles. The fraction of sp³-hybridized carbons (Fsp3) is 0.316. The molecule has 3 amide bonds. The van der Waals surface area contributed by atoms with Crippen molar-refractivity contribution in [1.82, 2.24) is 15.2 Å². The van der Waals surface area contributed by atoms with Crippen molar-refractivity contribution >= 4 is 17.6 Å². The first-order valence-corrected chi connectivity index (χ1v) is 8.57. The van der Waals surface area contributed by atoms with Gasteiger partial charge in [0.25, 0.3) is 5.91 Å². The molecule has 1 aromatic carbocycles. The number of urea groups is 1. The van der Waals surface area contributed by atoms with Crippen LogP contribution in [0.3, 0.4) is 0 Å². The highest BCUT2D eigenvalue weighted by Crippen LogP contribution is 2.15. The Hall–Kier alpha value is -3.09. The molecule has 7 heteroatoms. The highest BCUT2D eigenvalue weighted by molar-refractivity contribution is 5.94. The van der Waals surface area contributed by atoms with E-state index in [2.05, 4.69) is 15.6 Å². The third-order valence-electron chi connectivity index (χ3n) is 4.35. The van der Waals surface area contributed by atoms with E-state index < -0.39 is 0 Å². The summed E-state index contributed by atoms with van der Waals surface area (Å²) in [5, 5.41) is 5.86. The summed E-state index contributed by atoms with van der Waals surface area (Å²) in [7, 11) is 1.54. The summed E-state index contributed by atoms with van der Waals surface area (Å²) in [6, 6.07) is 12.5. The molecule has 0 spiro atoms. The zero-order valence-electron chi connectivity index (χ0n) is 14.6. The molecule has 0 atom stereocenters. The van der Waals surface area contributed by atoms with Gasteiger partial charge in [0.2, 0.25) is 5.88 Å². The number of pyridine rings is 1. The van der Waals surface area contributed by atoms with Gasteiger partial charge in [0, 0.05) is 30.8 Å². The van der Waals surface area contributed by atoms with Gasteiger partial charge in [-0.05, 0) is 31.0 Å². The summed E-state index contributed by atoms with van der Waals surface area (Å²) in [5.41, 5.74) is 1.27. The summed E-state index contributed by atoms with van der Waals surface area (Å²) < 4.78 is 5.00. The Kier molecular flexibility index (Phi) is 5.68. The van der Waals surface area contributed by atoms with E-state index in [9.17, 15) is 9.59 Å². The standard InChI is InChI=1S/C19H22N4O3/c1-26-17-8-7-16(13-20-17)22-19(25)23-11-9-15(10-12-23)21-18(24)14-5-3-2-4-6-14/h2-8,13,15H,9-12H2,1H3,(H,21,24)(H,22,25). The van der Waals surface area contributed by atoms with Gasteiger partial charge in [-0.1, -0.05) is 18.2 Å². The highest BCUT2D eigenvalue weighted by Gasteiger charge is 2.24. The molecule has 0 bridgehead atoms. The predicted octanol–water partition coefficient (Wildman–Crippen LogP) is 2.52.